The standard InChI is InChI=1S/C21H23NO/c23-20-13-7-6-12-19(20)21-18-11-5-4-8-16(18)14-15-22(21)17-9-2-1-3-10-17/h1-5,8-11,19,21H,6-7,12-15H2/t19-,21-/m1/s1. The van der Waals surface area contributed by atoms with Crippen molar-refractivity contribution < 1.29 is 4.79 Å². The molecule has 23 heavy (non-hydrogen) atoms. The number of Topliss-reactive ketones (excluding diaryl/α,β-unsaturated/α-hetero) is 1. The predicted octanol–water partition coefficient (Wildman–Crippen LogP) is 4.55. The van der Waals surface area contributed by atoms with E-state index in [0.717, 1.165) is 32.2 Å². The molecule has 0 radical (unpaired) electrons. The van der Waals surface area contributed by atoms with Crippen LogP contribution >= 0.6 is 0 Å². The first-order valence-corrected chi connectivity index (χ1v) is 8.77. The first-order chi connectivity index (χ1) is 11.3. The molecule has 1 fully saturated rings. The lowest BCUT2D eigenvalue weighted by Crippen LogP contribution is -2.42. The number of rotatable bonds is 2. The van der Waals surface area contributed by atoms with Gasteiger partial charge in [-0.05, 0) is 42.5 Å². The summed E-state index contributed by atoms with van der Waals surface area (Å²) < 4.78 is 0. The summed E-state index contributed by atoms with van der Waals surface area (Å²) in [5, 5.41) is 0. The summed E-state index contributed by atoms with van der Waals surface area (Å²) in [6.07, 6.45) is 5.09. The van der Waals surface area contributed by atoms with Crippen LogP contribution in [0.4, 0.5) is 5.69 Å². The van der Waals surface area contributed by atoms with Gasteiger partial charge in [0.1, 0.15) is 5.78 Å². The molecule has 0 saturated heterocycles. The van der Waals surface area contributed by atoms with E-state index in [1.54, 1.807) is 0 Å². The van der Waals surface area contributed by atoms with Crippen molar-refractivity contribution in [2.45, 2.75) is 38.1 Å². The fourth-order valence-electron chi connectivity index (χ4n) is 4.29. The number of nitrogens with zero attached hydrogens (tertiary/aromatic N) is 1. The van der Waals surface area contributed by atoms with E-state index in [-0.39, 0.29) is 12.0 Å². The van der Waals surface area contributed by atoms with Crippen LogP contribution in [-0.4, -0.2) is 12.3 Å². The van der Waals surface area contributed by atoms with Gasteiger partial charge in [-0.1, -0.05) is 48.9 Å². The molecule has 0 unspecified atom stereocenters. The molecule has 4 rings (SSSR count). The van der Waals surface area contributed by atoms with Crippen LogP contribution in [0.2, 0.25) is 0 Å². The maximum atomic E-state index is 12.7. The van der Waals surface area contributed by atoms with Crippen LogP contribution < -0.4 is 4.90 Å². The fraction of sp³-hybridized carbons (Fsp3) is 0.381. The Kier molecular flexibility index (Phi) is 3.90. The lowest BCUT2D eigenvalue weighted by atomic mass is 9.76. The molecule has 1 aliphatic carbocycles. The Morgan fingerprint density at radius 1 is 0.870 bits per heavy atom. The zero-order chi connectivity index (χ0) is 15.6. The number of hydrogen-bond acceptors (Lipinski definition) is 2. The first-order valence-electron chi connectivity index (χ1n) is 8.77. The van der Waals surface area contributed by atoms with Gasteiger partial charge >= 0.3 is 0 Å². The summed E-state index contributed by atoms with van der Waals surface area (Å²) in [5.74, 6) is 0.601. The van der Waals surface area contributed by atoms with Crippen molar-refractivity contribution in [2.75, 3.05) is 11.4 Å². The van der Waals surface area contributed by atoms with Crippen LogP contribution in [0.25, 0.3) is 0 Å². The average molecular weight is 305 g/mol. The molecule has 2 nitrogen and oxygen atoms in total. The highest BCUT2D eigenvalue weighted by Crippen LogP contribution is 2.42. The van der Waals surface area contributed by atoms with Crippen LogP contribution in [0.15, 0.2) is 54.6 Å². The molecular weight excluding hydrogens is 282 g/mol. The molecule has 118 valence electrons. The Morgan fingerprint density at radius 3 is 2.48 bits per heavy atom. The molecule has 1 heterocycles. The van der Waals surface area contributed by atoms with E-state index in [4.69, 9.17) is 0 Å². The maximum Gasteiger partial charge on any atom is 0.138 e. The van der Waals surface area contributed by atoms with E-state index in [1.807, 2.05) is 0 Å². The number of hydrogen-bond donors (Lipinski definition) is 0. The van der Waals surface area contributed by atoms with Crippen LogP contribution in [0, 0.1) is 5.92 Å². The highest BCUT2D eigenvalue weighted by Gasteiger charge is 2.38. The van der Waals surface area contributed by atoms with Gasteiger partial charge in [-0.3, -0.25) is 4.79 Å². The molecule has 0 N–H and O–H groups in total. The summed E-state index contributed by atoms with van der Waals surface area (Å²) in [5.41, 5.74) is 4.02. The third-order valence-electron chi connectivity index (χ3n) is 5.40. The second-order valence-corrected chi connectivity index (χ2v) is 6.74. The molecule has 2 atom stereocenters. The van der Waals surface area contributed by atoms with E-state index in [0.29, 0.717) is 5.78 Å². The Labute approximate surface area is 138 Å². The van der Waals surface area contributed by atoms with Gasteiger partial charge in [0.2, 0.25) is 0 Å². The van der Waals surface area contributed by atoms with E-state index >= 15 is 0 Å². The second kappa shape index (κ2) is 6.19. The van der Waals surface area contributed by atoms with Crippen LogP contribution in [0.1, 0.15) is 42.9 Å². The molecule has 0 bridgehead atoms. The number of carbonyl (C=O) groups is 1. The maximum absolute atomic E-state index is 12.7. The largest absolute Gasteiger partial charge is 0.363 e. The molecule has 2 aliphatic rings. The van der Waals surface area contributed by atoms with E-state index in [1.165, 1.54) is 23.2 Å². The smallest absolute Gasteiger partial charge is 0.138 e. The summed E-state index contributed by atoms with van der Waals surface area (Å²) in [4.78, 5) is 15.1. The van der Waals surface area contributed by atoms with Gasteiger partial charge in [-0.15, -0.1) is 0 Å². The Morgan fingerprint density at radius 2 is 1.65 bits per heavy atom. The lowest BCUT2D eigenvalue weighted by Gasteiger charge is -2.43. The quantitative estimate of drug-likeness (QED) is 0.811. The van der Waals surface area contributed by atoms with E-state index in [9.17, 15) is 4.79 Å². The molecule has 1 saturated carbocycles. The SMILES string of the molecule is O=C1CCCC[C@H]1[C@H]1c2ccccc2CCN1c1ccccc1. The number of fused-ring (bicyclic) bond motifs is 1. The minimum absolute atomic E-state index is 0.144. The van der Waals surface area contributed by atoms with Gasteiger partial charge in [0.25, 0.3) is 0 Å². The van der Waals surface area contributed by atoms with Gasteiger partial charge in [0.15, 0.2) is 0 Å². The van der Waals surface area contributed by atoms with Gasteiger partial charge in [-0.2, -0.15) is 0 Å². The zero-order valence-corrected chi connectivity index (χ0v) is 13.4. The Hall–Kier alpha value is -2.09. The Balaban J connectivity index is 1.78. The van der Waals surface area contributed by atoms with Crippen molar-refractivity contribution in [1.82, 2.24) is 0 Å². The summed E-state index contributed by atoms with van der Waals surface area (Å²) >= 11 is 0. The van der Waals surface area contributed by atoms with Crippen molar-refractivity contribution >= 4 is 11.5 Å². The van der Waals surface area contributed by atoms with Crippen molar-refractivity contribution in [3.63, 3.8) is 0 Å². The number of para-hydroxylation sites is 1. The number of ketones is 1. The lowest BCUT2D eigenvalue weighted by molar-refractivity contribution is -0.125. The number of carbonyl (C=O) groups excluding carboxylic acids is 1. The second-order valence-electron chi connectivity index (χ2n) is 6.74. The summed E-state index contributed by atoms with van der Waals surface area (Å²) in [6.45, 7) is 0.996. The monoisotopic (exact) mass is 305 g/mol. The third-order valence-corrected chi connectivity index (χ3v) is 5.40. The van der Waals surface area contributed by atoms with Gasteiger partial charge < -0.3 is 4.90 Å². The number of anilines is 1. The molecule has 1 aliphatic heterocycles. The topological polar surface area (TPSA) is 20.3 Å². The highest BCUT2D eigenvalue weighted by atomic mass is 16.1. The van der Waals surface area contributed by atoms with Gasteiger partial charge in [-0.25, -0.2) is 0 Å². The summed E-state index contributed by atoms with van der Waals surface area (Å²) in [6, 6.07) is 19.5. The van der Waals surface area contributed by atoms with Crippen molar-refractivity contribution in [3.8, 4) is 0 Å². The zero-order valence-electron chi connectivity index (χ0n) is 13.4. The minimum Gasteiger partial charge on any atom is -0.363 e. The van der Waals surface area contributed by atoms with Crippen molar-refractivity contribution in [1.29, 1.82) is 0 Å². The molecule has 2 heteroatoms. The van der Waals surface area contributed by atoms with Crippen molar-refractivity contribution in [2.24, 2.45) is 5.92 Å². The van der Waals surface area contributed by atoms with Crippen LogP contribution in [0.3, 0.4) is 0 Å². The average Bonchev–Trinajstić information content (AvgIpc) is 2.62. The van der Waals surface area contributed by atoms with Crippen LogP contribution in [-0.2, 0) is 11.2 Å². The van der Waals surface area contributed by atoms with Gasteiger partial charge in [0.05, 0.1) is 6.04 Å². The van der Waals surface area contributed by atoms with E-state index in [2.05, 4.69) is 59.5 Å². The highest BCUT2D eigenvalue weighted by molar-refractivity contribution is 5.83. The molecular formula is C21H23NO. The Bertz CT molecular complexity index is 694. The van der Waals surface area contributed by atoms with Crippen molar-refractivity contribution in [3.05, 3.63) is 65.7 Å². The first kappa shape index (κ1) is 14.5. The molecule has 2 aromatic carbocycles. The minimum atomic E-state index is 0.144. The molecule has 2 aromatic rings. The fourth-order valence-corrected chi connectivity index (χ4v) is 4.29. The molecule has 0 amide bonds. The normalized spacial score (nSPS) is 24.3. The third kappa shape index (κ3) is 2.67. The summed E-state index contributed by atoms with van der Waals surface area (Å²) in [7, 11) is 0. The number of benzene rings is 2. The molecule has 0 aromatic heterocycles. The van der Waals surface area contributed by atoms with E-state index < -0.39 is 0 Å². The van der Waals surface area contributed by atoms with Gasteiger partial charge in [0, 0.05) is 24.6 Å². The van der Waals surface area contributed by atoms with Crippen LogP contribution in [0.5, 0.6) is 0 Å². The predicted molar refractivity (Wildman–Crippen MR) is 93.6 cm³/mol. The molecule has 0 spiro atoms.